The van der Waals surface area contributed by atoms with Crippen molar-refractivity contribution in [3.8, 4) is 0 Å². The maximum Gasteiger partial charge on any atom is 0.223 e. The smallest absolute Gasteiger partial charge is 0.223 e. The maximum absolute atomic E-state index is 13.5. The number of halogens is 1. The minimum atomic E-state index is -0.216. The van der Waals surface area contributed by atoms with Crippen LogP contribution in [0.15, 0.2) is 36.5 Å². The Hall–Kier alpha value is -2.12. The minimum Gasteiger partial charge on any atom is -0.371 e. The van der Waals surface area contributed by atoms with Crippen molar-refractivity contribution in [1.29, 1.82) is 0 Å². The van der Waals surface area contributed by atoms with Gasteiger partial charge in [-0.2, -0.15) is 0 Å². The Morgan fingerprint density at radius 1 is 1.00 bits per heavy atom. The minimum absolute atomic E-state index is 0.216. The highest BCUT2D eigenvalue weighted by molar-refractivity contribution is 8.09. The van der Waals surface area contributed by atoms with Crippen molar-refractivity contribution in [2.75, 3.05) is 18.4 Å². The summed E-state index contributed by atoms with van der Waals surface area (Å²) in [6.07, 6.45) is 9.08. The van der Waals surface area contributed by atoms with Gasteiger partial charge in [0, 0.05) is 12.2 Å². The van der Waals surface area contributed by atoms with E-state index in [1.54, 1.807) is 0 Å². The Labute approximate surface area is 181 Å². The first-order valence-electron chi connectivity index (χ1n) is 11.0. The Bertz CT molecular complexity index is 904. The lowest BCUT2D eigenvalue weighted by Gasteiger charge is -2.28. The number of nitrogens with one attached hydrogen (secondary N) is 3. The summed E-state index contributed by atoms with van der Waals surface area (Å²) in [6.45, 7) is 2.13. The summed E-state index contributed by atoms with van der Waals surface area (Å²) < 4.78 is 13.5. The third-order valence-corrected chi connectivity index (χ3v) is 7.69. The van der Waals surface area contributed by atoms with Crippen LogP contribution in [-0.4, -0.2) is 34.5 Å². The lowest BCUT2D eigenvalue weighted by atomic mass is 9.97. The van der Waals surface area contributed by atoms with E-state index in [1.807, 2.05) is 36.2 Å². The zero-order valence-corrected chi connectivity index (χ0v) is 17.9. The van der Waals surface area contributed by atoms with Crippen LogP contribution < -0.4 is 16.0 Å². The molecule has 2 fully saturated rings. The topological polar surface area (TPSA) is 61.9 Å². The van der Waals surface area contributed by atoms with Crippen LogP contribution in [0.3, 0.4) is 0 Å². The van der Waals surface area contributed by atoms with Gasteiger partial charge in [-0.25, -0.2) is 14.4 Å². The molecule has 0 radical (unpaired) electrons. The molecule has 1 atom stereocenters. The van der Waals surface area contributed by atoms with Crippen LogP contribution in [-0.2, 0) is 0 Å². The number of piperidine rings is 1. The first kappa shape index (κ1) is 19.8. The standard InChI is InChI=1S/C23H28FN5S/c24-17-7-5-15(6-8-17)20-21(30-22(29-20)16-9-12-25-13-10-16)19-11-14-26-23(28-19)27-18-3-1-2-4-18/h5-8,11,14,16,18,22,25,29H,1-4,9-10,12-13H2,(H,26,27,28). The average Bonchev–Trinajstić information content (AvgIpc) is 3.45. The molecule has 30 heavy (non-hydrogen) atoms. The molecule has 1 aromatic heterocycles. The second-order valence-corrected chi connectivity index (χ2v) is 9.52. The molecule has 0 bridgehead atoms. The summed E-state index contributed by atoms with van der Waals surface area (Å²) in [5.41, 5.74) is 2.98. The highest BCUT2D eigenvalue weighted by atomic mass is 32.2. The molecule has 158 valence electrons. The second-order valence-electron chi connectivity index (χ2n) is 8.37. The molecule has 1 aliphatic carbocycles. The highest BCUT2D eigenvalue weighted by Gasteiger charge is 2.33. The molecular weight excluding hydrogens is 397 g/mol. The van der Waals surface area contributed by atoms with Crippen LogP contribution in [0.25, 0.3) is 10.6 Å². The molecular formula is C23H28FN5S. The Balaban J connectivity index is 1.45. The van der Waals surface area contributed by atoms with Gasteiger partial charge in [-0.1, -0.05) is 24.6 Å². The van der Waals surface area contributed by atoms with E-state index in [9.17, 15) is 4.39 Å². The van der Waals surface area contributed by atoms with Crippen LogP contribution >= 0.6 is 11.8 Å². The van der Waals surface area contributed by atoms with Gasteiger partial charge in [0.25, 0.3) is 0 Å². The molecule has 1 saturated carbocycles. The SMILES string of the molecule is Fc1ccc(C2=C(c3ccnc(NC4CCCC4)n3)SC(C3CCNCC3)N2)cc1. The van der Waals surface area contributed by atoms with E-state index in [0.717, 1.165) is 47.8 Å². The number of hydrogen-bond acceptors (Lipinski definition) is 6. The fourth-order valence-electron chi connectivity index (χ4n) is 4.61. The lowest BCUT2D eigenvalue weighted by molar-refractivity contribution is 0.355. The number of anilines is 1. The molecule has 0 spiro atoms. The van der Waals surface area contributed by atoms with Crippen LogP contribution in [0.1, 0.15) is 49.8 Å². The van der Waals surface area contributed by atoms with Crippen molar-refractivity contribution in [3.05, 3.63) is 53.6 Å². The Morgan fingerprint density at radius 2 is 1.77 bits per heavy atom. The van der Waals surface area contributed by atoms with Crippen LogP contribution in [0.5, 0.6) is 0 Å². The van der Waals surface area contributed by atoms with E-state index in [-0.39, 0.29) is 5.82 Å². The number of aromatic nitrogens is 2. The maximum atomic E-state index is 13.5. The molecule has 0 amide bonds. The number of nitrogens with zero attached hydrogens (tertiary/aromatic N) is 2. The van der Waals surface area contributed by atoms with Crippen LogP contribution in [0.2, 0.25) is 0 Å². The third-order valence-electron chi connectivity index (χ3n) is 6.28. The summed E-state index contributed by atoms with van der Waals surface area (Å²) in [5, 5.41) is 11.0. The first-order chi connectivity index (χ1) is 14.8. The van der Waals surface area contributed by atoms with Crippen molar-refractivity contribution >= 4 is 28.3 Å². The summed E-state index contributed by atoms with van der Waals surface area (Å²) in [4.78, 5) is 10.5. The van der Waals surface area contributed by atoms with Gasteiger partial charge in [0.2, 0.25) is 5.95 Å². The molecule has 1 saturated heterocycles. The normalized spacial score (nSPS) is 23.0. The molecule has 7 heteroatoms. The Kier molecular flexibility index (Phi) is 5.91. The van der Waals surface area contributed by atoms with Gasteiger partial charge in [-0.15, -0.1) is 0 Å². The van der Waals surface area contributed by atoms with E-state index in [4.69, 9.17) is 4.98 Å². The van der Waals surface area contributed by atoms with Crippen LogP contribution in [0.4, 0.5) is 10.3 Å². The zero-order valence-electron chi connectivity index (χ0n) is 17.0. The lowest BCUT2D eigenvalue weighted by Crippen LogP contribution is -2.37. The number of hydrogen-bond donors (Lipinski definition) is 3. The second kappa shape index (κ2) is 8.94. The fraction of sp³-hybridized carbons (Fsp3) is 0.478. The van der Waals surface area contributed by atoms with E-state index < -0.39 is 0 Å². The van der Waals surface area contributed by atoms with E-state index in [1.165, 1.54) is 37.8 Å². The van der Waals surface area contributed by atoms with Gasteiger partial charge in [-0.05, 0) is 80.6 Å². The molecule has 3 heterocycles. The van der Waals surface area contributed by atoms with E-state index >= 15 is 0 Å². The molecule has 1 unspecified atom stereocenters. The highest BCUT2D eigenvalue weighted by Crippen LogP contribution is 2.45. The third kappa shape index (κ3) is 4.32. The van der Waals surface area contributed by atoms with Gasteiger partial charge in [0.1, 0.15) is 5.82 Å². The van der Waals surface area contributed by atoms with Crippen molar-refractivity contribution in [3.63, 3.8) is 0 Å². The predicted molar refractivity (Wildman–Crippen MR) is 121 cm³/mol. The van der Waals surface area contributed by atoms with Crippen molar-refractivity contribution in [1.82, 2.24) is 20.6 Å². The molecule has 5 rings (SSSR count). The summed E-state index contributed by atoms with van der Waals surface area (Å²) in [5.74, 6) is 1.09. The van der Waals surface area contributed by atoms with Gasteiger partial charge in [0.05, 0.1) is 21.7 Å². The number of benzene rings is 1. The number of thioether (sulfide) groups is 1. The zero-order chi connectivity index (χ0) is 20.3. The van der Waals surface area contributed by atoms with Crippen molar-refractivity contribution in [2.45, 2.75) is 49.9 Å². The Morgan fingerprint density at radius 3 is 2.53 bits per heavy atom. The molecule has 3 aliphatic rings. The largest absolute Gasteiger partial charge is 0.371 e. The van der Waals surface area contributed by atoms with Gasteiger partial charge in [0.15, 0.2) is 0 Å². The van der Waals surface area contributed by atoms with Crippen LogP contribution in [0, 0.1) is 11.7 Å². The quantitative estimate of drug-likeness (QED) is 0.658. The molecule has 5 nitrogen and oxygen atoms in total. The summed E-state index contributed by atoms with van der Waals surface area (Å²) in [6, 6.07) is 9.21. The summed E-state index contributed by atoms with van der Waals surface area (Å²) in [7, 11) is 0. The van der Waals surface area contributed by atoms with Gasteiger partial charge in [-0.3, -0.25) is 0 Å². The molecule has 1 aromatic carbocycles. The summed E-state index contributed by atoms with van der Waals surface area (Å²) >= 11 is 1.86. The fourth-order valence-corrected chi connectivity index (χ4v) is 6.04. The number of rotatable bonds is 5. The van der Waals surface area contributed by atoms with Gasteiger partial charge >= 0.3 is 0 Å². The monoisotopic (exact) mass is 425 g/mol. The van der Waals surface area contributed by atoms with Crippen molar-refractivity contribution < 1.29 is 4.39 Å². The van der Waals surface area contributed by atoms with E-state index in [0.29, 0.717) is 23.3 Å². The van der Waals surface area contributed by atoms with Crippen molar-refractivity contribution in [2.24, 2.45) is 5.92 Å². The first-order valence-corrected chi connectivity index (χ1v) is 11.9. The average molecular weight is 426 g/mol. The predicted octanol–water partition coefficient (Wildman–Crippen LogP) is 4.46. The molecule has 2 aromatic rings. The van der Waals surface area contributed by atoms with E-state index in [2.05, 4.69) is 20.9 Å². The molecule has 3 N–H and O–H groups in total. The van der Waals surface area contributed by atoms with Gasteiger partial charge < -0.3 is 16.0 Å². The molecule has 2 aliphatic heterocycles.